The number of rotatable bonds is 7. The SMILES string of the molecule is CCOC(=O)c1cnn2c(-c3cccc(NC(=O)c4ccn(Cn5cc(Br)cn5)n4)c3)ccnc12. The molecule has 35 heavy (non-hydrogen) atoms. The minimum Gasteiger partial charge on any atom is -0.462 e. The third-order valence-corrected chi connectivity index (χ3v) is 5.49. The van der Waals surface area contributed by atoms with E-state index in [2.05, 4.69) is 41.5 Å². The van der Waals surface area contributed by atoms with Crippen molar-refractivity contribution >= 4 is 39.1 Å². The van der Waals surface area contributed by atoms with E-state index in [0.29, 0.717) is 23.7 Å². The van der Waals surface area contributed by atoms with E-state index < -0.39 is 5.97 Å². The van der Waals surface area contributed by atoms with Crippen LogP contribution in [-0.4, -0.2) is 52.6 Å². The summed E-state index contributed by atoms with van der Waals surface area (Å²) in [5.74, 6) is -0.820. The van der Waals surface area contributed by atoms with Crippen LogP contribution in [0.2, 0.25) is 0 Å². The maximum Gasteiger partial charge on any atom is 0.343 e. The number of ether oxygens (including phenoxy) is 1. The normalized spacial score (nSPS) is 11.0. The van der Waals surface area contributed by atoms with Crippen molar-refractivity contribution in [2.75, 3.05) is 11.9 Å². The van der Waals surface area contributed by atoms with E-state index in [1.165, 1.54) is 6.20 Å². The lowest BCUT2D eigenvalue weighted by Gasteiger charge is -2.08. The van der Waals surface area contributed by atoms with Crippen LogP contribution in [0.25, 0.3) is 16.9 Å². The zero-order valence-electron chi connectivity index (χ0n) is 18.5. The number of fused-ring (bicyclic) bond motifs is 1. The first-order valence-electron chi connectivity index (χ1n) is 10.6. The molecule has 1 N–H and O–H groups in total. The zero-order chi connectivity index (χ0) is 24.4. The van der Waals surface area contributed by atoms with Gasteiger partial charge >= 0.3 is 5.97 Å². The minimum atomic E-state index is -0.479. The number of carbonyl (C=O) groups excluding carboxylic acids is 2. The number of carbonyl (C=O) groups is 2. The monoisotopic (exact) mass is 534 g/mol. The summed E-state index contributed by atoms with van der Waals surface area (Å²) in [5.41, 5.74) is 3.03. The summed E-state index contributed by atoms with van der Waals surface area (Å²) in [4.78, 5) is 29.3. The zero-order valence-corrected chi connectivity index (χ0v) is 20.1. The van der Waals surface area contributed by atoms with Crippen molar-refractivity contribution < 1.29 is 14.3 Å². The molecule has 0 saturated heterocycles. The molecule has 176 valence electrons. The second kappa shape index (κ2) is 9.50. The highest BCUT2D eigenvalue weighted by Crippen LogP contribution is 2.24. The van der Waals surface area contributed by atoms with E-state index in [-0.39, 0.29) is 23.8 Å². The topological polar surface area (TPSA) is 121 Å². The van der Waals surface area contributed by atoms with Crippen LogP contribution in [0.5, 0.6) is 0 Å². The molecule has 0 bridgehead atoms. The van der Waals surface area contributed by atoms with E-state index in [9.17, 15) is 9.59 Å². The van der Waals surface area contributed by atoms with Crippen molar-refractivity contribution in [3.63, 3.8) is 0 Å². The summed E-state index contributed by atoms with van der Waals surface area (Å²) >= 11 is 3.35. The molecule has 0 aliphatic carbocycles. The molecular formula is C23H19BrN8O3. The highest BCUT2D eigenvalue weighted by molar-refractivity contribution is 9.10. The van der Waals surface area contributed by atoms with Gasteiger partial charge in [0.1, 0.15) is 12.2 Å². The van der Waals surface area contributed by atoms with Gasteiger partial charge in [-0.05, 0) is 47.1 Å². The molecule has 0 spiro atoms. The third kappa shape index (κ3) is 4.68. The standard InChI is InChI=1S/C23H19BrN8O3/c1-2-35-23(34)18-12-27-32-20(6-8-25-21(18)32)15-4-3-5-17(10-15)28-22(33)19-7-9-30(29-19)14-31-13-16(24)11-26-31/h3-13H,2,14H2,1H3,(H,28,33). The van der Waals surface area contributed by atoms with Crippen LogP contribution in [0.15, 0.2) is 71.9 Å². The Balaban J connectivity index is 1.36. The Morgan fingerprint density at radius 3 is 2.80 bits per heavy atom. The molecule has 4 heterocycles. The molecule has 12 heteroatoms. The number of esters is 1. The van der Waals surface area contributed by atoms with E-state index in [0.717, 1.165) is 10.0 Å². The fraction of sp³-hybridized carbons (Fsp3) is 0.130. The summed E-state index contributed by atoms with van der Waals surface area (Å²) in [6.07, 6.45) is 8.26. The van der Waals surface area contributed by atoms with Crippen molar-refractivity contribution in [2.24, 2.45) is 0 Å². The van der Waals surface area contributed by atoms with Gasteiger partial charge in [-0.1, -0.05) is 12.1 Å². The van der Waals surface area contributed by atoms with Crippen molar-refractivity contribution in [1.29, 1.82) is 0 Å². The van der Waals surface area contributed by atoms with Gasteiger partial charge in [0.15, 0.2) is 11.3 Å². The van der Waals surface area contributed by atoms with Gasteiger partial charge in [0.05, 0.1) is 29.2 Å². The summed E-state index contributed by atoms with van der Waals surface area (Å²) in [7, 11) is 0. The van der Waals surface area contributed by atoms with Crippen LogP contribution in [0.1, 0.15) is 27.8 Å². The maximum absolute atomic E-state index is 12.8. The highest BCUT2D eigenvalue weighted by Gasteiger charge is 2.17. The van der Waals surface area contributed by atoms with Gasteiger partial charge in [-0.2, -0.15) is 15.3 Å². The molecular weight excluding hydrogens is 516 g/mol. The number of amides is 1. The molecule has 0 saturated carbocycles. The van der Waals surface area contributed by atoms with Crippen LogP contribution >= 0.6 is 15.9 Å². The molecule has 0 radical (unpaired) electrons. The number of hydrogen-bond acceptors (Lipinski definition) is 7. The first kappa shape index (κ1) is 22.5. The number of hydrogen-bond donors (Lipinski definition) is 1. The largest absolute Gasteiger partial charge is 0.462 e. The summed E-state index contributed by atoms with van der Waals surface area (Å²) in [6.45, 7) is 2.38. The molecule has 0 atom stereocenters. The first-order chi connectivity index (χ1) is 17.0. The van der Waals surface area contributed by atoms with E-state index in [1.54, 1.807) is 57.6 Å². The Morgan fingerprint density at radius 2 is 2.00 bits per heavy atom. The fourth-order valence-corrected chi connectivity index (χ4v) is 3.87. The van der Waals surface area contributed by atoms with E-state index >= 15 is 0 Å². The van der Waals surface area contributed by atoms with Gasteiger partial charge in [0, 0.05) is 29.8 Å². The number of anilines is 1. The first-order valence-corrected chi connectivity index (χ1v) is 11.4. The van der Waals surface area contributed by atoms with E-state index in [1.807, 2.05) is 24.4 Å². The van der Waals surface area contributed by atoms with Gasteiger partial charge in [-0.25, -0.2) is 19.0 Å². The van der Waals surface area contributed by atoms with E-state index in [4.69, 9.17) is 4.74 Å². The Labute approximate surface area is 207 Å². The average molecular weight is 535 g/mol. The molecule has 0 fully saturated rings. The number of benzene rings is 1. The molecule has 0 unspecified atom stereocenters. The highest BCUT2D eigenvalue weighted by atomic mass is 79.9. The van der Waals surface area contributed by atoms with Gasteiger partial charge in [-0.15, -0.1) is 0 Å². The van der Waals surface area contributed by atoms with Crippen LogP contribution in [0.4, 0.5) is 5.69 Å². The van der Waals surface area contributed by atoms with Crippen LogP contribution in [0.3, 0.4) is 0 Å². The molecule has 0 aliphatic rings. The Kier molecular flexibility index (Phi) is 6.10. The van der Waals surface area contributed by atoms with Crippen LogP contribution in [-0.2, 0) is 11.4 Å². The number of nitrogens with one attached hydrogen (secondary N) is 1. The maximum atomic E-state index is 12.8. The van der Waals surface area contributed by atoms with Gasteiger partial charge < -0.3 is 10.1 Å². The fourth-order valence-electron chi connectivity index (χ4n) is 3.54. The summed E-state index contributed by atoms with van der Waals surface area (Å²) in [5, 5.41) is 15.7. The summed E-state index contributed by atoms with van der Waals surface area (Å²) in [6, 6.07) is 10.7. The molecule has 5 aromatic rings. The predicted molar refractivity (Wildman–Crippen MR) is 130 cm³/mol. The summed E-state index contributed by atoms with van der Waals surface area (Å²) < 4.78 is 10.8. The quantitative estimate of drug-likeness (QED) is 0.317. The molecule has 1 amide bonds. The number of halogens is 1. The minimum absolute atomic E-state index is 0.261. The molecule has 0 aliphatic heterocycles. The van der Waals surface area contributed by atoms with Crippen molar-refractivity contribution in [2.45, 2.75) is 13.6 Å². The lowest BCUT2D eigenvalue weighted by atomic mass is 10.1. The second-order valence-electron chi connectivity index (χ2n) is 7.46. The lowest BCUT2D eigenvalue weighted by Crippen LogP contribution is -2.15. The van der Waals surface area contributed by atoms with Crippen LogP contribution < -0.4 is 5.32 Å². The molecule has 1 aromatic carbocycles. The molecule has 4 aromatic heterocycles. The number of nitrogens with zero attached hydrogens (tertiary/aromatic N) is 7. The van der Waals surface area contributed by atoms with Gasteiger partial charge in [-0.3, -0.25) is 9.48 Å². The molecule has 11 nitrogen and oxygen atoms in total. The van der Waals surface area contributed by atoms with Gasteiger partial charge in [0.25, 0.3) is 5.91 Å². The Bertz CT molecular complexity index is 1540. The predicted octanol–water partition coefficient (Wildman–Crippen LogP) is 3.49. The third-order valence-electron chi connectivity index (χ3n) is 5.08. The van der Waals surface area contributed by atoms with Crippen molar-refractivity contribution in [1.82, 2.24) is 34.2 Å². The van der Waals surface area contributed by atoms with Crippen molar-refractivity contribution in [3.8, 4) is 11.3 Å². The number of aromatic nitrogens is 7. The second-order valence-corrected chi connectivity index (χ2v) is 8.37. The van der Waals surface area contributed by atoms with Gasteiger partial charge in [0.2, 0.25) is 0 Å². The Morgan fingerprint density at radius 1 is 1.11 bits per heavy atom. The smallest absolute Gasteiger partial charge is 0.343 e. The lowest BCUT2D eigenvalue weighted by molar-refractivity contribution is 0.0528. The Hall–Kier alpha value is -4.32. The molecule has 5 rings (SSSR count). The van der Waals surface area contributed by atoms with Crippen molar-refractivity contribution in [3.05, 3.63) is 83.1 Å². The average Bonchev–Trinajstić information content (AvgIpc) is 3.59. The van der Waals surface area contributed by atoms with Crippen LogP contribution in [0, 0.1) is 0 Å².